The number of aryl methyl sites for hydroxylation is 1. The molecule has 0 bridgehead atoms. The predicted octanol–water partition coefficient (Wildman–Crippen LogP) is 1.03. The minimum Gasteiger partial charge on any atom is -0.394 e. The summed E-state index contributed by atoms with van der Waals surface area (Å²) in [7, 11) is 0. The number of rotatable bonds is 6. The average Bonchev–Trinajstić information content (AvgIpc) is 2.38. The van der Waals surface area contributed by atoms with Crippen LogP contribution in [0.3, 0.4) is 0 Å². The van der Waals surface area contributed by atoms with E-state index in [4.69, 9.17) is 5.84 Å². The highest BCUT2D eigenvalue weighted by molar-refractivity contribution is 5.48. The molecule has 0 atom stereocenters. The van der Waals surface area contributed by atoms with Gasteiger partial charge in [0, 0.05) is 11.8 Å². The summed E-state index contributed by atoms with van der Waals surface area (Å²) < 4.78 is 0. The highest BCUT2D eigenvalue weighted by Gasteiger charge is 2.26. The molecule has 0 unspecified atom stereocenters. The van der Waals surface area contributed by atoms with Crippen molar-refractivity contribution in [1.29, 1.82) is 0 Å². The quantitative estimate of drug-likeness (QED) is 0.437. The highest BCUT2D eigenvalue weighted by Crippen LogP contribution is 2.23. The molecular formula is C11H21N5O. The maximum Gasteiger partial charge on any atom is 0.239 e. The first-order valence-corrected chi connectivity index (χ1v) is 5.80. The zero-order valence-corrected chi connectivity index (χ0v) is 10.6. The molecule has 0 fully saturated rings. The largest absolute Gasteiger partial charge is 0.394 e. The number of hydrogen-bond donors (Lipinski definition) is 4. The van der Waals surface area contributed by atoms with E-state index >= 15 is 0 Å². The van der Waals surface area contributed by atoms with Crippen LogP contribution in [0.15, 0.2) is 6.20 Å². The van der Waals surface area contributed by atoms with Crippen LogP contribution >= 0.6 is 0 Å². The van der Waals surface area contributed by atoms with E-state index in [0.717, 1.165) is 18.4 Å². The fourth-order valence-electron chi connectivity index (χ4n) is 1.58. The van der Waals surface area contributed by atoms with E-state index in [1.165, 1.54) is 0 Å². The van der Waals surface area contributed by atoms with Gasteiger partial charge in [0.15, 0.2) is 0 Å². The van der Waals surface area contributed by atoms with Crippen molar-refractivity contribution < 1.29 is 5.11 Å². The van der Waals surface area contributed by atoms with Crippen LogP contribution in [0.1, 0.15) is 32.3 Å². The first-order chi connectivity index (χ1) is 8.10. The maximum absolute atomic E-state index is 9.51. The van der Waals surface area contributed by atoms with E-state index in [9.17, 15) is 5.11 Å². The Bertz CT molecular complexity index is 357. The molecule has 0 amide bonds. The molecule has 0 aromatic carbocycles. The summed E-state index contributed by atoms with van der Waals surface area (Å²) >= 11 is 0. The van der Waals surface area contributed by atoms with Crippen LogP contribution in [-0.4, -0.2) is 27.2 Å². The molecule has 1 aromatic heterocycles. The molecule has 0 spiro atoms. The maximum atomic E-state index is 9.51. The third-order valence-corrected chi connectivity index (χ3v) is 3.14. The number of aromatic nitrogens is 2. The lowest BCUT2D eigenvalue weighted by atomic mass is 9.94. The van der Waals surface area contributed by atoms with Crippen molar-refractivity contribution in [2.45, 2.75) is 39.2 Å². The summed E-state index contributed by atoms with van der Waals surface area (Å²) in [5, 5.41) is 12.8. The number of nitrogen functional groups attached to an aromatic ring is 1. The second-order valence-corrected chi connectivity index (χ2v) is 4.14. The van der Waals surface area contributed by atoms with Crippen molar-refractivity contribution in [1.82, 2.24) is 9.97 Å². The second kappa shape index (κ2) is 5.79. The van der Waals surface area contributed by atoms with Crippen molar-refractivity contribution in [2.24, 2.45) is 5.84 Å². The minimum absolute atomic E-state index is 0.0643. The highest BCUT2D eigenvalue weighted by atomic mass is 16.3. The molecular weight excluding hydrogens is 218 g/mol. The van der Waals surface area contributed by atoms with E-state index in [-0.39, 0.29) is 12.1 Å². The van der Waals surface area contributed by atoms with Gasteiger partial charge < -0.3 is 10.4 Å². The monoisotopic (exact) mass is 239 g/mol. The lowest BCUT2D eigenvalue weighted by Gasteiger charge is -2.31. The SMILES string of the molecule is CCC(CC)(CO)Nc1nc(NN)ncc1C. The summed E-state index contributed by atoms with van der Waals surface area (Å²) in [5.41, 5.74) is 2.99. The van der Waals surface area contributed by atoms with Crippen molar-refractivity contribution in [3.8, 4) is 0 Å². The minimum atomic E-state index is -0.342. The van der Waals surface area contributed by atoms with Crippen LogP contribution in [0.5, 0.6) is 0 Å². The number of hydrogen-bond acceptors (Lipinski definition) is 6. The van der Waals surface area contributed by atoms with Gasteiger partial charge in [-0.1, -0.05) is 13.8 Å². The molecule has 0 aliphatic rings. The molecule has 0 radical (unpaired) electrons. The molecule has 6 nitrogen and oxygen atoms in total. The Morgan fingerprint density at radius 1 is 1.41 bits per heavy atom. The molecule has 5 N–H and O–H groups in total. The van der Waals surface area contributed by atoms with Gasteiger partial charge in [-0.2, -0.15) is 4.98 Å². The Morgan fingerprint density at radius 2 is 2.06 bits per heavy atom. The Balaban J connectivity index is 2.99. The van der Waals surface area contributed by atoms with Crippen molar-refractivity contribution >= 4 is 11.8 Å². The second-order valence-electron chi connectivity index (χ2n) is 4.14. The normalized spacial score (nSPS) is 11.4. The van der Waals surface area contributed by atoms with E-state index in [2.05, 4.69) is 20.7 Å². The number of aliphatic hydroxyl groups excluding tert-OH is 1. The number of anilines is 2. The van der Waals surface area contributed by atoms with Crippen molar-refractivity contribution in [2.75, 3.05) is 17.3 Å². The number of aliphatic hydroxyl groups is 1. The summed E-state index contributed by atoms with van der Waals surface area (Å²) in [5.74, 6) is 6.34. The Labute approximate surface area is 102 Å². The van der Waals surface area contributed by atoms with E-state index in [0.29, 0.717) is 11.8 Å². The zero-order chi connectivity index (χ0) is 12.9. The molecule has 0 aliphatic heterocycles. The lowest BCUT2D eigenvalue weighted by molar-refractivity contribution is 0.202. The number of nitrogens with two attached hydrogens (primary N) is 1. The Morgan fingerprint density at radius 3 is 2.53 bits per heavy atom. The van der Waals surface area contributed by atoms with E-state index in [1.54, 1.807) is 6.20 Å². The third kappa shape index (κ3) is 3.04. The van der Waals surface area contributed by atoms with Gasteiger partial charge in [0.1, 0.15) is 5.82 Å². The molecule has 0 aliphatic carbocycles. The molecule has 1 aromatic rings. The molecule has 17 heavy (non-hydrogen) atoms. The Kier molecular flexibility index (Phi) is 4.65. The number of nitrogens with zero attached hydrogens (tertiary/aromatic N) is 2. The molecule has 6 heteroatoms. The van der Waals surface area contributed by atoms with Gasteiger partial charge in [0.25, 0.3) is 0 Å². The van der Waals surface area contributed by atoms with Crippen molar-refractivity contribution in [3.63, 3.8) is 0 Å². The van der Waals surface area contributed by atoms with Crippen LogP contribution in [0.25, 0.3) is 0 Å². The summed E-state index contributed by atoms with van der Waals surface area (Å²) in [4.78, 5) is 8.27. The number of nitrogens with one attached hydrogen (secondary N) is 2. The first-order valence-electron chi connectivity index (χ1n) is 5.80. The molecule has 0 saturated heterocycles. The van der Waals surface area contributed by atoms with Gasteiger partial charge in [0.2, 0.25) is 5.95 Å². The molecule has 1 rings (SSSR count). The summed E-state index contributed by atoms with van der Waals surface area (Å²) in [6.07, 6.45) is 3.32. The van der Waals surface area contributed by atoms with Gasteiger partial charge in [-0.25, -0.2) is 10.8 Å². The van der Waals surface area contributed by atoms with Gasteiger partial charge in [0.05, 0.1) is 12.1 Å². The van der Waals surface area contributed by atoms with Gasteiger partial charge >= 0.3 is 0 Å². The van der Waals surface area contributed by atoms with E-state index in [1.807, 2.05) is 20.8 Å². The van der Waals surface area contributed by atoms with E-state index < -0.39 is 0 Å². The lowest BCUT2D eigenvalue weighted by Crippen LogP contribution is -2.41. The topological polar surface area (TPSA) is 96.1 Å². The third-order valence-electron chi connectivity index (χ3n) is 3.14. The fraction of sp³-hybridized carbons (Fsp3) is 0.636. The average molecular weight is 239 g/mol. The van der Waals surface area contributed by atoms with Crippen LogP contribution in [0, 0.1) is 6.92 Å². The fourth-order valence-corrected chi connectivity index (χ4v) is 1.58. The molecule has 96 valence electrons. The van der Waals surface area contributed by atoms with Crippen molar-refractivity contribution in [3.05, 3.63) is 11.8 Å². The van der Waals surface area contributed by atoms with Crippen LogP contribution in [0.4, 0.5) is 11.8 Å². The molecule has 0 saturated carbocycles. The van der Waals surface area contributed by atoms with Gasteiger partial charge in [-0.15, -0.1) is 0 Å². The Hall–Kier alpha value is -1.40. The van der Waals surface area contributed by atoms with Crippen LogP contribution in [0.2, 0.25) is 0 Å². The standard InChI is InChI=1S/C11H21N5O/c1-4-11(5-2,7-17)15-9-8(3)6-13-10(14-9)16-12/h6,17H,4-5,7,12H2,1-3H3,(H2,13,14,15,16). The van der Waals surface area contributed by atoms with Crippen LogP contribution < -0.4 is 16.6 Å². The zero-order valence-electron chi connectivity index (χ0n) is 10.6. The van der Waals surface area contributed by atoms with Gasteiger partial charge in [-0.3, -0.25) is 5.43 Å². The number of hydrazine groups is 1. The first kappa shape index (κ1) is 13.7. The smallest absolute Gasteiger partial charge is 0.239 e. The summed E-state index contributed by atoms with van der Waals surface area (Å²) in [6, 6.07) is 0. The van der Waals surface area contributed by atoms with Gasteiger partial charge in [-0.05, 0) is 19.8 Å². The van der Waals surface area contributed by atoms with Crippen LogP contribution in [-0.2, 0) is 0 Å². The predicted molar refractivity (Wildman–Crippen MR) is 68.6 cm³/mol. The molecule has 1 heterocycles. The summed E-state index contributed by atoms with van der Waals surface area (Å²) in [6.45, 7) is 6.04.